The molecular formula is C27H45N3O2. The van der Waals surface area contributed by atoms with E-state index in [1.54, 1.807) is 0 Å². The van der Waals surface area contributed by atoms with E-state index in [0.29, 0.717) is 24.6 Å². The molecule has 1 aromatic heterocycles. The Bertz CT molecular complexity index is 866. The number of hydrogen-bond donors (Lipinski definition) is 2. The summed E-state index contributed by atoms with van der Waals surface area (Å²) in [7, 11) is 2.19. The van der Waals surface area contributed by atoms with Crippen LogP contribution in [0, 0.1) is 0 Å². The third kappa shape index (κ3) is 8.25. The van der Waals surface area contributed by atoms with Gasteiger partial charge in [0.25, 0.3) is 0 Å². The van der Waals surface area contributed by atoms with Crippen molar-refractivity contribution in [1.82, 2.24) is 9.88 Å². The summed E-state index contributed by atoms with van der Waals surface area (Å²) >= 11 is 0. The quantitative estimate of drug-likeness (QED) is 0.409. The maximum atomic E-state index is 10.2. The smallest absolute Gasteiger partial charge is 0.166 e. The molecule has 1 aromatic carbocycles. The number of hydrogen-bond acceptors (Lipinski definition) is 5. The first-order valence-corrected chi connectivity index (χ1v) is 12.2. The normalized spacial score (nSPS) is 12.7. The maximum Gasteiger partial charge on any atom is 0.166 e. The predicted octanol–water partition coefficient (Wildman–Crippen LogP) is 5.75. The standard InChI is InChI=1S/C27H45N3O2/c1-8-9-16-32-24-19-22-21(12-10-11-15-30(7)26(2,3)4)17-20(13-14-27(5,6)31)18-23(22)29-25(24)28/h17-19,31H,8-16H2,1-7H3,(H2,28,29). The fraction of sp³-hybridized carbons (Fsp3) is 0.667. The van der Waals surface area contributed by atoms with Crippen LogP contribution in [0.5, 0.6) is 5.75 Å². The number of nitrogens with zero attached hydrogens (tertiary/aromatic N) is 2. The number of aryl methyl sites for hydroxylation is 2. The van der Waals surface area contributed by atoms with Crippen molar-refractivity contribution in [2.45, 2.75) is 97.6 Å². The van der Waals surface area contributed by atoms with Crippen LogP contribution in [0.4, 0.5) is 5.82 Å². The van der Waals surface area contributed by atoms with Gasteiger partial charge in [-0.3, -0.25) is 0 Å². The molecule has 3 N–H and O–H groups in total. The number of nitrogens with two attached hydrogens (primary N) is 1. The number of nitrogen functional groups attached to an aromatic ring is 1. The van der Waals surface area contributed by atoms with Crippen molar-refractivity contribution >= 4 is 16.7 Å². The molecule has 0 bridgehead atoms. The molecule has 0 saturated heterocycles. The number of ether oxygens (including phenoxy) is 1. The third-order valence-electron chi connectivity index (χ3n) is 6.19. The molecule has 0 aliphatic heterocycles. The zero-order valence-corrected chi connectivity index (χ0v) is 21.4. The van der Waals surface area contributed by atoms with E-state index in [9.17, 15) is 5.11 Å². The minimum atomic E-state index is -0.684. The molecule has 32 heavy (non-hydrogen) atoms. The number of unbranched alkanes of at least 4 members (excludes halogenated alkanes) is 2. The summed E-state index contributed by atoms with van der Waals surface area (Å²) in [4.78, 5) is 7.10. The van der Waals surface area contributed by atoms with Crippen LogP contribution in [0.2, 0.25) is 0 Å². The molecule has 5 nitrogen and oxygen atoms in total. The molecule has 2 rings (SSSR count). The summed E-state index contributed by atoms with van der Waals surface area (Å²) in [6, 6.07) is 6.48. The van der Waals surface area contributed by atoms with E-state index >= 15 is 0 Å². The molecule has 0 amide bonds. The number of anilines is 1. The average Bonchev–Trinajstić information content (AvgIpc) is 2.68. The summed E-state index contributed by atoms with van der Waals surface area (Å²) in [6.07, 6.45) is 6.86. The van der Waals surface area contributed by atoms with E-state index in [0.717, 1.165) is 56.0 Å². The van der Waals surface area contributed by atoms with E-state index in [2.05, 4.69) is 57.8 Å². The van der Waals surface area contributed by atoms with Gasteiger partial charge in [-0.25, -0.2) is 4.98 Å². The SMILES string of the molecule is CCCCOc1cc2c(CCCCN(C)C(C)(C)C)cc(CCC(C)(C)O)cc2nc1N. The first kappa shape index (κ1) is 26.4. The average molecular weight is 444 g/mol. The zero-order valence-electron chi connectivity index (χ0n) is 21.4. The van der Waals surface area contributed by atoms with Crippen LogP contribution in [0.25, 0.3) is 10.9 Å². The number of aliphatic hydroxyl groups is 1. The first-order chi connectivity index (χ1) is 14.9. The molecular weight excluding hydrogens is 398 g/mol. The highest BCUT2D eigenvalue weighted by Crippen LogP contribution is 2.30. The Morgan fingerprint density at radius 3 is 2.38 bits per heavy atom. The zero-order chi connectivity index (χ0) is 23.9. The fourth-order valence-electron chi connectivity index (χ4n) is 3.65. The highest BCUT2D eigenvalue weighted by atomic mass is 16.5. The molecule has 0 fully saturated rings. The van der Waals surface area contributed by atoms with Crippen LogP contribution < -0.4 is 10.5 Å². The Morgan fingerprint density at radius 2 is 1.75 bits per heavy atom. The monoisotopic (exact) mass is 443 g/mol. The summed E-state index contributed by atoms with van der Waals surface area (Å²) in [6.45, 7) is 14.4. The molecule has 0 saturated carbocycles. The number of aromatic nitrogens is 1. The van der Waals surface area contributed by atoms with Crippen molar-refractivity contribution in [3.63, 3.8) is 0 Å². The molecule has 0 atom stereocenters. The van der Waals surface area contributed by atoms with Gasteiger partial charge >= 0.3 is 0 Å². The lowest BCUT2D eigenvalue weighted by atomic mass is 9.94. The van der Waals surface area contributed by atoms with Crippen LogP contribution >= 0.6 is 0 Å². The summed E-state index contributed by atoms with van der Waals surface area (Å²) < 4.78 is 5.93. The highest BCUT2D eigenvalue weighted by Gasteiger charge is 2.17. The lowest BCUT2D eigenvalue weighted by Gasteiger charge is -2.31. The van der Waals surface area contributed by atoms with E-state index in [1.807, 2.05) is 13.8 Å². The van der Waals surface area contributed by atoms with Crippen molar-refractivity contribution in [3.8, 4) is 5.75 Å². The van der Waals surface area contributed by atoms with E-state index in [1.165, 1.54) is 11.1 Å². The molecule has 180 valence electrons. The van der Waals surface area contributed by atoms with Crippen molar-refractivity contribution < 1.29 is 9.84 Å². The van der Waals surface area contributed by atoms with Gasteiger partial charge in [0, 0.05) is 10.9 Å². The third-order valence-corrected chi connectivity index (χ3v) is 6.19. The lowest BCUT2D eigenvalue weighted by Crippen LogP contribution is -2.38. The van der Waals surface area contributed by atoms with Crippen LogP contribution in [0.15, 0.2) is 18.2 Å². The molecule has 1 heterocycles. The van der Waals surface area contributed by atoms with Crippen molar-refractivity contribution in [2.75, 3.05) is 25.9 Å². The molecule has 0 aliphatic carbocycles. The Morgan fingerprint density at radius 1 is 1.03 bits per heavy atom. The van der Waals surface area contributed by atoms with Crippen LogP contribution in [0.3, 0.4) is 0 Å². The topological polar surface area (TPSA) is 71.6 Å². The van der Waals surface area contributed by atoms with Gasteiger partial charge in [0.2, 0.25) is 0 Å². The van der Waals surface area contributed by atoms with Gasteiger partial charge in [0.15, 0.2) is 11.6 Å². The number of fused-ring (bicyclic) bond motifs is 1. The van der Waals surface area contributed by atoms with Crippen LogP contribution in [-0.2, 0) is 12.8 Å². The van der Waals surface area contributed by atoms with Gasteiger partial charge < -0.3 is 20.5 Å². The molecule has 0 spiro atoms. The molecule has 5 heteroatoms. The van der Waals surface area contributed by atoms with Gasteiger partial charge in [-0.15, -0.1) is 0 Å². The molecule has 0 radical (unpaired) electrons. The molecule has 2 aromatic rings. The maximum absolute atomic E-state index is 10.2. The number of rotatable bonds is 12. The Hall–Kier alpha value is -1.85. The van der Waals surface area contributed by atoms with Gasteiger partial charge in [0.1, 0.15) is 0 Å². The predicted molar refractivity (Wildman–Crippen MR) is 136 cm³/mol. The largest absolute Gasteiger partial charge is 0.490 e. The highest BCUT2D eigenvalue weighted by molar-refractivity contribution is 5.86. The lowest BCUT2D eigenvalue weighted by molar-refractivity contribution is 0.0714. The first-order valence-electron chi connectivity index (χ1n) is 12.2. The van der Waals surface area contributed by atoms with E-state index in [-0.39, 0.29) is 5.54 Å². The molecule has 0 unspecified atom stereocenters. The van der Waals surface area contributed by atoms with Crippen LogP contribution in [0.1, 0.15) is 84.8 Å². The van der Waals surface area contributed by atoms with Gasteiger partial charge in [-0.2, -0.15) is 0 Å². The molecule has 0 aliphatic rings. The Balaban J connectivity index is 2.26. The number of pyridine rings is 1. The van der Waals surface area contributed by atoms with E-state index in [4.69, 9.17) is 15.5 Å². The van der Waals surface area contributed by atoms with Gasteiger partial charge in [-0.05, 0) is 110 Å². The summed E-state index contributed by atoms with van der Waals surface area (Å²) in [5.41, 5.74) is 9.14. The summed E-state index contributed by atoms with van der Waals surface area (Å²) in [5, 5.41) is 11.3. The summed E-state index contributed by atoms with van der Waals surface area (Å²) in [5.74, 6) is 1.13. The second-order valence-corrected chi connectivity index (χ2v) is 10.8. The van der Waals surface area contributed by atoms with Gasteiger partial charge in [0.05, 0.1) is 17.7 Å². The minimum absolute atomic E-state index is 0.190. The van der Waals surface area contributed by atoms with Crippen molar-refractivity contribution in [1.29, 1.82) is 0 Å². The van der Waals surface area contributed by atoms with Crippen molar-refractivity contribution in [3.05, 3.63) is 29.3 Å². The minimum Gasteiger partial charge on any atom is -0.490 e. The Kier molecular flexibility index (Phi) is 9.35. The second kappa shape index (κ2) is 11.3. The second-order valence-electron chi connectivity index (χ2n) is 10.8. The van der Waals surface area contributed by atoms with Crippen molar-refractivity contribution in [2.24, 2.45) is 0 Å². The van der Waals surface area contributed by atoms with Crippen LogP contribution in [-0.4, -0.2) is 46.3 Å². The Labute approximate surface area is 195 Å². The van der Waals surface area contributed by atoms with Gasteiger partial charge in [-0.1, -0.05) is 19.4 Å². The number of benzene rings is 1. The van der Waals surface area contributed by atoms with E-state index < -0.39 is 5.60 Å². The fourth-order valence-corrected chi connectivity index (χ4v) is 3.65.